The van der Waals surface area contributed by atoms with Crippen LogP contribution in [0.2, 0.25) is 14.8 Å². The van der Waals surface area contributed by atoms with Gasteiger partial charge in [0.05, 0.1) is 0 Å². The fraction of sp³-hybridized carbons (Fsp3) is 1.00. The fourth-order valence-electron chi connectivity index (χ4n) is 0.283. The van der Waals surface area contributed by atoms with Crippen molar-refractivity contribution in [2.24, 2.45) is 0 Å². The average Bonchev–Trinajstić information content (AvgIpc) is 1.14. The van der Waals surface area contributed by atoms with Crippen molar-refractivity contribution in [1.29, 1.82) is 0 Å². The molecule has 56 valence electrons. The molecule has 0 aliphatic heterocycles. The first kappa shape index (κ1) is 9.93. The molecule has 0 aromatic carbocycles. The van der Waals surface area contributed by atoms with E-state index in [1.54, 1.807) is 14.8 Å². The molecule has 9 heavy (non-hydrogen) atoms. The molecule has 0 fully saturated rings. The molecule has 0 atom stereocenters. The van der Waals surface area contributed by atoms with Gasteiger partial charge in [-0.2, -0.15) is 0 Å². The van der Waals surface area contributed by atoms with E-state index in [1.807, 2.05) is 0 Å². The Labute approximate surface area is 60.6 Å². The van der Waals surface area contributed by atoms with Crippen LogP contribution in [-0.4, -0.2) is 18.8 Å². The third-order valence-electron chi connectivity index (χ3n) is 0.326. The van der Waals surface area contributed by atoms with E-state index in [1.165, 1.54) is 0 Å². The van der Waals surface area contributed by atoms with Gasteiger partial charge >= 0.3 is 60.5 Å². The molecule has 6 heteroatoms. The Balaban J connectivity index is 3.75. The summed E-state index contributed by atoms with van der Waals surface area (Å²) in [5.41, 5.74) is 0. The molecule has 0 N–H and O–H groups in total. The quantitative estimate of drug-likeness (QED) is 0.527. The van der Waals surface area contributed by atoms with E-state index in [4.69, 9.17) is 0 Å². The molecule has 0 radical (unpaired) electrons. The zero-order valence-electron chi connectivity index (χ0n) is 5.51. The molecule has 0 saturated heterocycles. The maximum absolute atomic E-state index is 9.89. The van der Waals surface area contributed by atoms with Gasteiger partial charge in [-0.05, 0) is 0 Å². The van der Waals surface area contributed by atoms with Gasteiger partial charge < -0.3 is 0 Å². The van der Waals surface area contributed by atoms with E-state index in [-0.39, 0.29) is 0 Å². The van der Waals surface area contributed by atoms with E-state index in [2.05, 4.69) is 2.63 Å². The number of hydrogen-bond donors (Lipinski definition) is 0. The van der Waals surface area contributed by atoms with Crippen LogP contribution in [0.5, 0.6) is 0 Å². The Hall–Kier alpha value is 0.929. The molecule has 0 aliphatic carbocycles. The molecular formula is C3H9ClO4Sn. The molecule has 0 bridgehead atoms. The first-order valence-electron chi connectivity index (χ1n) is 2.32. The van der Waals surface area contributed by atoms with Gasteiger partial charge in [0, 0.05) is 0 Å². The van der Waals surface area contributed by atoms with Crippen molar-refractivity contribution in [3.63, 3.8) is 0 Å². The molecule has 0 aliphatic rings. The SMILES string of the molecule is [CH3][Sn]([CH3])([CH3])[O][Cl+3]([O-])([O-])[O-]. The summed E-state index contributed by atoms with van der Waals surface area (Å²) in [4.78, 5) is 5.07. The first-order chi connectivity index (χ1) is 3.71. The van der Waals surface area contributed by atoms with E-state index >= 15 is 0 Å². The summed E-state index contributed by atoms with van der Waals surface area (Å²) in [7, 11) is -4.18. The van der Waals surface area contributed by atoms with Crippen LogP contribution in [-0.2, 0) is 2.63 Å². The number of halogens is 1. The second-order valence-electron chi connectivity index (χ2n) is 2.57. The fourth-order valence-corrected chi connectivity index (χ4v) is 5.70. The average molecular weight is 263 g/mol. The molecule has 0 aromatic heterocycles. The summed E-state index contributed by atoms with van der Waals surface area (Å²) in [6.07, 6.45) is 0. The van der Waals surface area contributed by atoms with Crippen LogP contribution in [0, 0.1) is 10.2 Å². The topological polar surface area (TPSA) is 78.4 Å². The third kappa shape index (κ3) is 8.93. The van der Waals surface area contributed by atoms with Gasteiger partial charge in [-0.25, -0.2) is 0 Å². The van der Waals surface area contributed by atoms with Crippen LogP contribution >= 0.6 is 0 Å². The van der Waals surface area contributed by atoms with Crippen molar-refractivity contribution in [2.45, 2.75) is 14.8 Å². The van der Waals surface area contributed by atoms with Crippen molar-refractivity contribution >= 4 is 18.8 Å². The predicted octanol–water partition coefficient (Wildman–Crippen LogP) is -2.26. The van der Waals surface area contributed by atoms with E-state index in [0.29, 0.717) is 0 Å². The molecule has 0 saturated carbocycles. The van der Waals surface area contributed by atoms with Crippen molar-refractivity contribution < 1.29 is 26.8 Å². The normalized spacial score (nSPS) is 14.0. The third-order valence-corrected chi connectivity index (χ3v) is 6.56. The number of hydrogen-bond acceptors (Lipinski definition) is 4. The van der Waals surface area contributed by atoms with E-state index in [0.717, 1.165) is 0 Å². The summed E-state index contributed by atoms with van der Waals surface area (Å²) in [6, 6.07) is 0. The standard InChI is InChI=1S/3CH3.ClHO4.Sn/c;;;2-1(3,4)5;/h3*1H3;(H,2,3,4,5);/q;;;;+1/p-1. The molecule has 4 nitrogen and oxygen atoms in total. The molecule has 0 unspecified atom stereocenters. The van der Waals surface area contributed by atoms with Gasteiger partial charge in [0.1, 0.15) is 0 Å². The van der Waals surface area contributed by atoms with Crippen LogP contribution < -0.4 is 14.0 Å². The van der Waals surface area contributed by atoms with Crippen LogP contribution in [0.25, 0.3) is 0 Å². The minimum absolute atomic E-state index is 1.69. The summed E-state index contributed by atoms with van der Waals surface area (Å²) in [5, 5.41) is 0. The monoisotopic (exact) mass is 264 g/mol. The maximum atomic E-state index is 9.89. The van der Waals surface area contributed by atoms with Gasteiger partial charge in [0.15, 0.2) is 0 Å². The number of rotatable bonds is 2. The Morgan fingerprint density at radius 2 is 1.44 bits per heavy atom. The molecule has 0 spiro atoms. The molecule has 0 heterocycles. The zero-order chi connectivity index (χ0) is 7.71. The van der Waals surface area contributed by atoms with Crippen LogP contribution in [0.4, 0.5) is 0 Å². The molecule has 0 aromatic rings. The van der Waals surface area contributed by atoms with Crippen LogP contribution in [0.1, 0.15) is 0 Å². The van der Waals surface area contributed by atoms with Crippen molar-refractivity contribution in [1.82, 2.24) is 0 Å². The van der Waals surface area contributed by atoms with Gasteiger partial charge in [-0.1, -0.05) is 0 Å². The van der Waals surface area contributed by atoms with Gasteiger partial charge in [-0.3, -0.25) is 0 Å². The Morgan fingerprint density at radius 3 is 1.44 bits per heavy atom. The van der Waals surface area contributed by atoms with Crippen molar-refractivity contribution in [2.75, 3.05) is 0 Å². The zero-order valence-corrected chi connectivity index (χ0v) is 9.12. The van der Waals surface area contributed by atoms with Crippen LogP contribution in [0.15, 0.2) is 0 Å². The van der Waals surface area contributed by atoms with Crippen molar-refractivity contribution in [3.05, 3.63) is 0 Å². The molecule has 0 rings (SSSR count). The second kappa shape index (κ2) is 2.89. The minimum atomic E-state index is -4.18. The van der Waals surface area contributed by atoms with Gasteiger partial charge in [0.2, 0.25) is 0 Å². The summed E-state index contributed by atoms with van der Waals surface area (Å²) >= 11 is -2.86. The summed E-state index contributed by atoms with van der Waals surface area (Å²) in [5.74, 6) is 0. The van der Waals surface area contributed by atoms with Gasteiger partial charge in [-0.15, -0.1) is 0 Å². The van der Waals surface area contributed by atoms with E-state index in [9.17, 15) is 14.0 Å². The molecule has 0 amide bonds. The first-order valence-corrected chi connectivity index (χ1v) is 13.3. The van der Waals surface area contributed by atoms with Gasteiger partial charge in [0.25, 0.3) is 0 Å². The van der Waals surface area contributed by atoms with Crippen LogP contribution in [0.3, 0.4) is 0 Å². The van der Waals surface area contributed by atoms with Crippen molar-refractivity contribution in [3.8, 4) is 0 Å². The summed E-state index contributed by atoms with van der Waals surface area (Å²) < 4.78 is 33.9. The molecular weight excluding hydrogens is 254 g/mol. The Kier molecular flexibility index (Phi) is 3.19. The Bertz CT molecular complexity index is 81.0. The summed E-state index contributed by atoms with van der Waals surface area (Å²) in [6.45, 7) is 0. The predicted molar refractivity (Wildman–Crippen MR) is 24.4 cm³/mol. The second-order valence-corrected chi connectivity index (χ2v) is 16.9. The van der Waals surface area contributed by atoms with E-state index < -0.39 is 29.0 Å². The Morgan fingerprint density at radius 1 is 1.11 bits per heavy atom.